The summed E-state index contributed by atoms with van der Waals surface area (Å²) in [6.45, 7) is 0.555. The number of nitrogens with one attached hydrogen (secondary N) is 1. The molecule has 0 spiro atoms. The van der Waals surface area contributed by atoms with Crippen LogP contribution in [0, 0.1) is 0 Å². The van der Waals surface area contributed by atoms with Crippen molar-refractivity contribution in [3.8, 4) is 0 Å². The summed E-state index contributed by atoms with van der Waals surface area (Å²) in [5.74, 6) is -0.975. The maximum absolute atomic E-state index is 12.2. The molecular weight excluding hydrogens is 368 g/mol. The van der Waals surface area contributed by atoms with Crippen molar-refractivity contribution in [2.24, 2.45) is 0 Å². The van der Waals surface area contributed by atoms with E-state index in [1.165, 1.54) is 0 Å². The third-order valence-electron chi connectivity index (χ3n) is 4.18. The smallest absolute Gasteiger partial charge is 0.338 e. The number of carbonyl (C=O) groups is 3. The second kappa shape index (κ2) is 8.68. The van der Waals surface area contributed by atoms with Gasteiger partial charge in [-0.25, -0.2) is 4.79 Å². The predicted octanol–water partition coefficient (Wildman–Crippen LogP) is 2.94. The molecule has 0 aliphatic carbocycles. The Hall–Kier alpha value is -2.86. The zero-order valence-corrected chi connectivity index (χ0v) is 15.4. The van der Waals surface area contributed by atoms with Crippen LogP contribution in [0.2, 0.25) is 5.02 Å². The van der Waals surface area contributed by atoms with E-state index in [9.17, 15) is 14.4 Å². The Kier molecular flexibility index (Phi) is 6.08. The average Bonchev–Trinajstić information content (AvgIpc) is 3.10. The summed E-state index contributed by atoms with van der Waals surface area (Å²) in [6.07, 6.45) is 1.32. The van der Waals surface area contributed by atoms with E-state index in [2.05, 4.69) is 5.32 Å². The van der Waals surface area contributed by atoms with Crippen LogP contribution >= 0.6 is 11.6 Å². The van der Waals surface area contributed by atoms with Crippen molar-refractivity contribution in [3.63, 3.8) is 0 Å². The van der Waals surface area contributed by atoms with Gasteiger partial charge in [-0.05, 0) is 42.3 Å². The molecule has 1 saturated heterocycles. The molecule has 0 radical (unpaired) electrons. The topological polar surface area (TPSA) is 75.7 Å². The molecule has 0 atom stereocenters. The van der Waals surface area contributed by atoms with Gasteiger partial charge in [-0.15, -0.1) is 0 Å². The minimum absolute atomic E-state index is 0.0425. The summed E-state index contributed by atoms with van der Waals surface area (Å²) in [7, 11) is 0. The summed E-state index contributed by atoms with van der Waals surface area (Å²) in [4.78, 5) is 37.6. The van der Waals surface area contributed by atoms with Crippen molar-refractivity contribution in [3.05, 3.63) is 64.7 Å². The van der Waals surface area contributed by atoms with Crippen LogP contribution in [0.25, 0.3) is 0 Å². The lowest BCUT2D eigenvalue weighted by molar-refractivity contribution is -0.124. The van der Waals surface area contributed by atoms with Gasteiger partial charge in [0.2, 0.25) is 5.91 Å². The van der Waals surface area contributed by atoms with Crippen LogP contribution in [0.5, 0.6) is 0 Å². The molecule has 0 saturated carbocycles. The summed E-state index contributed by atoms with van der Waals surface area (Å²) in [6, 6.07) is 13.8. The summed E-state index contributed by atoms with van der Waals surface area (Å²) in [5, 5.41) is 3.25. The SMILES string of the molecule is O=C(COC(=O)c1cccc(N2CCCC2=O)c1)NCc1cccc(Cl)c1. The van der Waals surface area contributed by atoms with E-state index in [0.717, 1.165) is 12.0 Å². The minimum atomic E-state index is -0.610. The Morgan fingerprint density at radius 1 is 1.15 bits per heavy atom. The Balaban J connectivity index is 1.51. The van der Waals surface area contributed by atoms with Gasteiger partial charge in [0.25, 0.3) is 5.91 Å². The quantitative estimate of drug-likeness (QED) is 0.774. The first-order valence-corrected chi connectivity index (χ1v) is 8.99. The largest absolute Gasteiger partial charge is 0.452 e. The highest BCUT2D eigenvalue weighted by Crippen LogP contribution is 2.22. The van der Waals surface area contributed by atoms with Crippen molar-refractivity contribution < 1.29 is 19.1 Å². The molecule has 1 aliphatic heterocycles. The van der Waals surface area contributed by atoms with Gasteiger partial charge in [-0.2, -0.15) is 0 Å². The highest BCUT2D eigenvalue weighted by molar-refractivity contribution is 6.30. The molecule has 140 valence electrons. The normalized spacial score (nSPS) is 13.5. The highest BCUT2D eigenvalue weighted by atomic mass is 35.5. The second-order valence-electron chi connectivity index (χ2n) is 6.18. The van der Waals surface area contributed by atoms with Crippen molar-refractivity contribution >= 4 is 35.1 Å². The molecule has 1 N–H and O–H groups in total. The van der Waals surface area contributed by atoms with Gasteiger partial charge in [-0.3, -0.25) is 9.59 Å². The van der Waals surface area contributed by atoms with E-state index in [4.69, 9.17) is 16.3 Å². The molecule has 3 rings (SSSR count). The Morgan fingerprint density at radius 3 is 2.70 bits per heavy atom. The lowest BCUT2D eigenvalue weighted by atomic mass is 10.2. The zero-order chi connectivity index (χ0) is 19.2. The van der Waals surface area contributed by atoms with Crippen LogP contribution in [0.3, 0.4) is 0 Å². The molecular formula is C20H19ClN2O4. The van der Waals surface area contributed by atoms with Crippen LogP contribution < -0.4 is 10.2 Å². The van der Waals surface area contributed by atoms with Crippen LogP contribution in [0.15, 0.2) is 48.5 Å². The van der Waals surface area contributed by atoms with E-state index in [1.807, 2.05) is 6.07 Å². The molecule has 2 aromatic rings. The van der Waals surface area contributed by atoms with E-state index in [-0.39, 0.29) is 12.5 Å². The predicted molar refractivity (Wildman–Crippen MR) is 102 cm³/mol. The van der Waals surface area contributed by atoms with E-state index in [0.29, 0.717) is 35.8 Å². The van der Waals surface area contributed by atoms with E-state index < -0.39 is 11.9 Å². The van der Waals surface area contributed by atoms with Crippen molar-refractivity contribution in [2.75, 3.05) is 18.1 Å². The molecule has 0 aromatic heterocycles. The van der Waals surface area contributed by atoms with Crippen LogP contribution in [0.4, 0.5) is 5.69 Å². The van der Waals surface area contributed by atoms with E-state index >= 15 is 0 Å². The number of benzene rings is 2. The maximum Gasteiger partial charge on any atom is 0.338 e. The van der Waals surface area contributed by atoms with Gasteiger partial charge in [0.1, 0.15) is 0 Å². The zero-order valence-electron chi connectivity index (χ0n) is 14.6. The number of nitrogens with zero attached hydrogens (tertiary/aromatic N) is 1. The summed E-state index contributed by atoms with van der Waals surface area (Å²) >= 11 is 5.89. The molecule has 27 heavy (non-hydrogen) atoms. The number of amides is 2. The Bertz CT molecular complexity index is 869. The molecule has 1 aliphatic rings. The number of hydrogen-bond donors (Lipinski definition) is 1. The molecule has 2 aromatic carbocycles. The number of esters is 1. The highest BCUT2D eigenvalue weighted by Gasteiger charge is 2.22. The molecule has 1 fully saturated rings. The standard InChI is InChI=1S/C20H19ClN2O4/c21-16-6-1-4-14(10-16)12-22-18(24)13-27-20(26)15-5-2-7-17(11-15)23-9-3-8-19(23)25/h1-2,4-7,10-11H,3,8-9,12-13H2,(H,22,24). The fourth-order valence-corrected chi connectivity index (χ4v) is 3.05. The number of anilines is 1. The monoisotopic (exact) mass is 386 g/mol. The molecule has 0 bridgehead atoms. The number of hydrogen-bond acceptors (Lipinski definition) is 4. The van der Waals surface area contributed by atoms with Gasteiger partial charge < -0.3 is 15.0 Å². The first-order chi connectivity index (χ1) is 13.0. The molecule has 1 heterocycles. The number of rotatable bonds is 6. The third-order valence-corrected chi connectivity index (χ3v) is 4.42. The minimum Gasteiger partial charge on any atom is -0.452 e. The first-order valence-electron chi connectivity index (χ1n) is 8.61. The van der Waals surface area contributed by atoms with Crippen molar-refractivity contribution in [1.29, 1.82) is 0 Å². The molecule has 0 unspecified atom stereocenters. The van der Waals surface area contributed by atoms with Gasteiger partial charge in [0.05, 0.1) is 5.56 Å². The Labute approximate surface area is 162 Å². The van der Waals surface area contributed by atoms with Gasteiger partial charge in [0.15, 0.2) is 6.61 Å². The lowest BCUT2D eigenvalue weighted by Gasteiger charge is -2.16. The fourth-order valence-electron chi connectivity index (χ4n) is 2.83. The van der Waals surface area contributed by atoms with E-state index in [1.54, 1.807) is 47.4 Å². The molecule has 7 heteroatoms. The van der Waals surface area contributed by atoms with Crippen LogP contribution in [-0.4, -0.2) is 30.9 Å². The second-order valence-corrected chi connectivity index (χ2v) is 6.62. The van der Waals surface area contributed by atoms with Crippen LogP contribution in [-0.2, 0) is 20.9 Å². The Morgan fingerprint density at radius 2 is 1.96 bits per heavy atom. The third kappa shape index (κ3) is 5.08. The maximum atomic E-state index is 12.2. The van der Waals surface area contributed by atoms with Gasteiger partial charge in [0, 0.05) is 30.2 Å². The summed E-state index contributed by atoms with van der Waals surface area (Å²) in [5.41, 5.74) is 1.82. The molecule has 2 amide bonds. The molecule has 6 nitrogen and oxygen atoms in total. The van der Waals surface area contributed by atoms with Crippen molar-refractivity contribution in [1.82, 2.24) is 5.32 Å². The van der Waals surface area contributed by atoms with Crippen molar-refractivity contribution in [2.45, 2.75) is 19.4 Å². The lowest BCUT2D eigenvalue weighted by Crippen LogP contribution is -2.28. The number of halogens is 1. The first kappa shape index (κ1) is 18.9. The number of ether oxygens (including phenoxy) is 1. The fraction of sp³-hybridized carbons (Fsp3) is 0.250. The average molecular weight is 387 g/mol. The van der Waals surface area contributed by atoms with Crippen LogP contribution in [0.1, 0.15) is 28.8 Å². The van der Waals surface area contributed by atoms with Gasteiger partial charge in [-0.1, -0.05) is 29.8 Å². The summed E-state index contributed by atoms with van der Waals surface area (Å²) < 4.78 is 5.07. The number of carbonyl (C=O) groups excluding carboxylic acids is 3. The van der Waals surface area contributed by atoms with Gasteiger partial charge >= 0.3 is 5.97 Å².